The molecule has 6 rings (SSSR count). The van der Waals surface area contributed by atoms with Gasteiger partial charge in [0.15, 0.2) is 0 Å². The Labute approximate surface area is 162 Å². The third-order valence-corrected chi connectivity index (χ3v) is 10.1. The van der Waals surface area contributed by atoms with Crippen LogP contribution in [0.3, 0.4) is 0 Å². The molecular weight excluding hydrogens is 316 g/mol. The molecular formula is C25H42O. The summed E-state index contributed by atoms with van der Waals surface area (Å²) in [6, 6.07) is 0. The van der Waals surface area contributed by atoms with Gasteiger partial charge in [-0.1, -0.05) is 41.5 Å². The summed E-state index contributed by atoms with van der Waals surface area (Å²) in [6.07, 6.45) is 10.3. The molecule has 0 aromatic carbocycles. The molecule has 0 N–H and O–H groups in total. The van der Waals surface area contributed by atoms with Crippen molar-refractivity contribution in [2.75, 3.05) is 0 Å². The second-order valence-electron chi connectivity index (χ2n) is 12.2. The Kier molecular flexibility index (Phi) is 4.64. The normalized spacial score (nSPS) is 48.5. The van der Waals surface area contributed by atoms with Crippen LogP contribution in [0.15, 0.2) is 0 Å². The smallest absolute Gasteiger partial charge is 0.136 e. The summed E-state index contributed by atoms with van der Waals surface area (Å²) >= 11 is 0. The van der Waals surface area contributed by atoms with Crippen LogP contribution >= 0.6 is 0 Å². The van der Waals surface area contributed by atoms with Gasteiger partial charge >= 0.3 is 0 Å². The lowest BCUT2D eigenvalue weighted by molar-refractivity contribution is -0.141. The van der Waals surface area contributed by atoms with E-state index in [0.717, 1.165) is 36.0 Å². The number of hydrogen-bond donors (Lipinski definition) is 0. The molecule has 0 radical (unpaired) electrons. The van der Waals surface area contributed by atoms with Gasteiger partial charge in [-0.05, 0) is 97.2 Å². The topological polar surface area (TPSA) is 17.1 Å². The monoisotopic (exact) mass is 358 g/mol. The first-order valence-electron chi connectivity index (χ1n) is 11.6. The van der Waals surface area contributed by atoms with E-state index in [0.29, 0.717) is 34.4 Å². The van der Waals surface area contributed by atoms with Gasteiger partial charge in [0.1, 0.15) is 5.78 Å². The predicted molar refractivity (Wildman–Crippen MR) is 109 cm³/mol. The van der Waals surface area contributed by atoms with Gasteiger partial charge in [0.2, 0.25) is 0 Å². The van der Waals surface area contributed by atoms with E-state index < -0.39 is 0 Å². The number of Topliss-reactive ketones (excluding diaryl/α,β-unsaturated/α-hetero) is 1. The molecule has 6 fully saturated rings. The van der Waals surface area contributed by atoms with Crippen molar-refractivity contribution in [2.45, 2.75) is 92.9 Å². The molecule has 0 aromatic heterocycles. The molecule has 0 spiro atoms. The molecule has 0 saturated heterocycles. The SMILES string of the molecule is CC1C2CCC(C1CCC(=O)C1C(C)C3CCC1C(C)(C)C3)C(C)(C)C2. The zero-order valence-corrected chi connectivity index (χ0v) is 18.2. The van der Waals surface area contributed by atoms with Gasteiger partial charge < -0.3 is 0 Å². The number of fused-ring (bicyclic) bond motifs is 6. The van der Waals surface area contributed by atoms with Crippen molar-refractivity contribution in [3.8, 4) is 0 Å². The van der Waals surface area contributed by atoms with Crippen LogP contribution in [-0.4, -0.2) is 5.78 Å². The zero-order chi connectivity index (χ0) is 18.9. The van der Waals surface area contributed by atoms with Crippen molar-refractivity contribution in [2.24, 2.45) is 58.2 Å². The summed E-state index contributed by atoms with van der Waals surface area (Å²) in [6.45, 7) is 14.7. The number of rotatable bonds is 4. The lowest BCUT2D eigenvalue weighted by atomic mass is 9.48. The van der Waals surface area contributed by atoms with Gasteiger partial charge in [0.25, 0.3) is 0 Å². The van der Waals surface area contributed by atoms with Crippen molar-refractivity contribution >= 4 is 5.78 Å². The molecule has 6 aliphatic rings. The summed E-state index contributed by atoms with van der Waals surface area (Å²) in [7, 11) is 0. The summed E-state index contributed by atoms with van der Waals surface area (Å²) in [5, 5.41) is 0. The minimum absolute atomic E-state index is 0.363. The Hall–Kier alpha value is -0.330. The first-order chi connectivity index (χ1) is 12.1. The lowest BCUT2D eigenvalue weighted by Crippen LogP contribution is -2.51. The lowest BCUT2D eigenvalue weighted by Gasteiger charge is -2.57. The molecule has 26 heavy (non-hydrogen) atoms. The van der Waals surface area contributed by atoms with Crippen LogP contribution in [0.4, 0.5) is 0 Å². The van der Waals surface area contributed by atoms with E-state index in [9.17, 15) is 4.79 Å². The fraction of sp³-hybridized carbons (Fsp3) is 0.960. The number of carbonyl (C=O) groups is 1. The van der Waals surface area contributed by atoms with E-state index >= 15 is 0 Å². The fourth-order valence-electron chi connectivity index (χ4n) is 8.62. The highest BCUT2D eigenvalue weighted by Gasteiger charge is 2.53. The van der Waals surface area contributed by atoms with E-state index in [2.05, 4.69) is 41.5 Å². The first-order valence-corrected chi connectivity index (χ1v) is 11.6. The molecule has 1 heteroatoms. The standard InChI is InChI=1S/C25H42O/c1-15-17-7-10-20(24(3,4)13-17)19(15)9-12-22(26)23-16(2)18-8-11-21(23)25(5,6)14-18/h15-21,23H,7-14H2,1-6H3. The second kappa shape index (κ2) is 6.35. The largest absolute Gasteiger partial charge is 0.299 e. The van der Waals surface area contributed by atoms with Gasteiger partial charge in [0.05, 0.1) is 0 Å². The Morgan fingerprint density at radius 3 is 1.92 bits per heavy atom. The summed E-state index contributed by atoms with van der Waals surface area (Å²) in [5.41, 5.74) is 0.886. The molecule has 1 nitrogen and oxygen atoms in total. The minimum Gasteiger partial charge on any atom is -0.299 e. The van der Waals surface area contributed by atoms with E-state index in [1.807, 2.05) is 0 Å². The van der Waals surface area contributed by atoms with Crippen LogP contribution in [0, 0.1) is 58.2 Å². The third-order valence-electron chi connectivity index (χ3n) is 10.1. The maximum Gasteiger partial charge on any atom is 0.136 e. The molecule has 8 atom stereocenters. The average molecular weight is 359 g/mol. The molecule has 0 amide bonds. The van der Waals surface area contributed by atoms with Crippen LogP contribution in [-0.2, 0) is 4.79 Å². The zero-order valence-electron chi connectivity index (χ0n) is 18.2. The third kappa shape index (κ3) is 2.91. The average Bonchev–Trinajstić information content (AvgIpc) is 2.55. The van der Waals surface area contributed by atoms with Crippen molar-refractivity contribution in [3.63, 3.8) is 0 Å². The van der Waals surface area contributed by atoms with Crippen LogP contribution in [0.5, 0.6) is 0 Å². The van der Waals surface area contributed by atoms with E-state index in [-0.39, 0.29) is 0 Å². The second-order valence-corrected chi connectivity index (χ2v) is 12.2. The fourth-order valence-corrected chi connectivity index (χ4v) is 8.62. The van der Waals surface area contributed by atoms with Crippen LogP contribution in [0.1, 0.15) is 92.9 Å². The highest BCUT2D eigenvalue weighted by molar-refractivity contribution is 5.82. The van der Waals surface area contributed by atoms with Crippen LogP contribution < -0.4 is 0 Å². The van der Waals surface area contributed by atoms with E-state index in [1.54, 1.807) is 0 Å². The predicted octanol–water partition coefficient (Wildman–Crippen LogP) is 6.75. The summed E-state index contributed by atoms with van der Waals surface area (Å²) < 4.78 is 0. The Bertz CT molecular complexity index is 559. The maximum absolute atomic E-state index is 13.4. The van der Waals surface area contributed by atoms with Crippen molar-refractivity contribution in [1.82, 2.24) is 0 Å². The van der Waals surface area contributed by atoms with Crippen LogP contribution in [0.2, 0.25) is 0 Å². The first kappa shape index (κ1) is 19.0. The highest BCUT2D eigenvalue weighted by Crippen LogP contribution is 2.60. The van der Waals surface area contributed by atoms with Crippen molar-refractivity contribution in [1.29, 1.82) is 0 Å². The number of carbonyl (C=O) groups excluding carboxylic acids is 1. The minimum atomic E-state index is 0.363. The quantitative estimate of drug-likeness (QED) is 0.543. The Morgan fingerprint density at radius 1 is 0.808 bits per heavy atom. The van der Waals surface area contributed by atoms with Gasteiger partial charge in [-0.3, -0.25) is 4.79 Å². The molecule has 6 saturated carbocycles. The van der Waals surface area contributed by atoms with Crippen molar-refractivity contribution in [3.05, 3.63) is 0 Å². The summed E-state index contributed by atoms with van der Waals surface area (Å²) in [4.78, 5) is 13.4. The molecule has 8 unspecified atom stereocenters. The maximum atomic E-state index is 13.4. The number of ketones is 1. The van der Waals surface area contributed by atoms with Crippen molar-refractivity contribution < 1.29 is 4.79 Å². The van der Waals surface area contributed by atoms with Gasteiger partial charge in [-0.15, -0.1) is 0 Å². The van der Waals surface area contributed by atoms with Gasteiger partial charge in [-0.25, -0.2) is 0 Å². The molecule has 0 aliphatic heterocycles. The van der Waals surface area contributed by atoms with E-state index in [4.69, 9.17) is 0 Å². The summed E-state index contributed by atoms with van der Waals surface area (Å²) in [5.74, 6) is 6.47. The van der Waals surface area contributed by atoms with E-state index in [1.165, 1.54) is 44.9 Å². The highest BCUT2D eigenvalue weighted by atomic mass is 16.1. The van der Waals surface area contributed by atoms with Gasteiger partial charge in [-0.2, -0.15) is 0 Å². The van der Waals surface area contributed by atoms with Crippen LogP contribution in [0.25, 0.3) is 0 Å². The Morgan fingerprint density at radius 2 is 1.35 bits per heavy atom. The molecule has 4 bridgehead atoms. The molecule has 6 aliphatic carbocycles. The molecule has 0 aromatic rings. The Balaban J connectivity index is 1.44. The number of hydrogen-bond acceptors (Lipinski definition) is 1. The molecule has 0 heterocycles. The van der Waals surface area contributed by atoms with Gasteiger partial charge in [0, 0.05) is 12.3 Å². The molecule has 148 valence electrons.